The summed E-state index contributed by atoms with van der Waals surface area (Å²) in [5.74, 6) is -2.25. The van der Waals surface area contributed by atoms with Gasteiger partial charge in [0.1, 0.15) is 0 Å². The van der Waals surface area contributed by atoms with Crippen molar-refractivity contribution in [3.05, 3.63) is 65.7 Å². The molecule has 1 saturated heterocycles. The molecule has 4 nitrogen and oxygen atoms in total. The first-order valence-electron chi connectivity index (χ1n) is 8.21. The Kier molecular flexibility index (Phi) is 5.46. The van der Waals surface area contributed by atoms with Crippen LogP contribution in [0.1, 0.15) is 24.4 Å². The van der Waals surface area contributed by atoms with Crippen molar-refractivity contribution in [2.24, 2.45) is 0 Å². The van der Waals surface area contributed by atoms with Gasteiger partial charge in [-0.05, 0) is 49.7 Å². The Morgan fingerprint density at radius 1 is 1.00 bits per heavy atom. The van der Waals surface area contributed by atoms with Crippen molar-refractivity contribution in [2.75, 3.05) is 19.6 Å². The van der Waals surface area contributed by atoms with E-state index in [4.69, 9.17) is 0 Å². The number of likely N-dealkylation sites (tertiary alicyclic amines) is 1. The molecule has 0 radical (unpaired) electrons. The normalized spacial score (nSPS) is 16.9. The number of hydrogen-bond acceptors (Lipinski definition) is 3. The highest BCUT2D eigenvalue weighted by molar-refractivity contribution is 7.89. The molecule has 1 aliphatic heterocycles. The summed E-state index contributed by atoms with van der Waals surface area (Å²) >= 11 is 0. The first-order chi connectivity index (χ1) is 12.0. The Balaban J connectivity index is 1.79. The van der Waals surface area contributed by atoms with Gasteiger partial charge in [-0.3, -0.25) is 4.90 Å². The summed E-state index contributed by atoms with van der Waals surface area (Å²) in [7, 11) is -3.92. The summed E-state index contributed by atoms with van der Waals surface area (Å²) in [4.78, 5) is 1.96. The van der Waals surface area contributed by atoms with Crippen LogP contribution in [0.4, 0.5) is 8.78 Å². The summed E-state index contributed by atoms with van der Waals surface area (Å²) in [5.41, 5.74) is 1.03. The van der Waals surface area contributed by atoms with Gasteiger partial charge in [0.15, 0.2) is 11.6 Å². The third-order valence-corrected chi connectivity index (χ3v) is 5.86. The van der Waals surface area contributed by atoms with Gasteiger partial charge in [0, 0.05) is 12.6 Å². The average molecular weight is 366 g/mol. The van der Waals surface area contributed by atoms with Gasteiger partial charge in [-0.2, -0.15) is 0 Å². The van der Waals surface area contributed by atoms with Crippen LogP contribution in [0.15, 0.2) is 53.4 Å². The molecule has 1 heterocycles. The fourth-order valence-electron chi connectivity index (χ4n) is 3.10. The lowest BCUT2D eigenvalue weighted by molar-refractivity contribution is 0.246. The van der Waals surface area contributed by atoms with Gasteiger partial charge in [-0.25, -0.2) is 21.9 Å². The monoisotopic (exact) mass is 366 g/mol. The number of benzene rings is 2. The molecule has 0 amide bonds. The first kappa shape index (κ1) is 18.0. The molecule has 0 saturated carbocycles. The Morgan fingerprint density at radius 3 is 2.32 bits per heavy atom. The van der Waals surface area contributed by atoms with Gasteiger partial charge in [0.25, 0.3) is 0 Å². The summed E-state index contributed by atoms with van der Waals surface area (Å²) in [6, 6.07) is 12.2. The zero-order chi connectivity index (χ0) is 17.9. The Labute approximate surface area is 146 Å². The predicted molar refractivity (Wildman–Crippen MR) is 91.5 cm³/mol. The molecule has 0 bridgehead atoms. The maximum Gasteiger partial charge on any atom is 0.240 e. The molecule has 1 unspecified atom stereocenters. The molecule has 7 heteroatoms. The molecule has 1 atom stereocenters. The highest BCUT2D eigenvalue weighted by atomic mass is 32.2. The first-order valence-corrected chi connectivity index (χ1v) is 9.69. The summed E-state index contributed by atoms with van der Waals surface area (Å²) in [6.45, 7) is 1.99. The van der Waals surface area contributed by atoms with E-state index in [0.29, 0.717) is 6.07 Å². The van der Waals surface area contributed by atoms with Crippen LogP contribution in [-0.2, 0) is 10.0 Å². The number of sulfonamides is 1. The van der Waals surface area contributed by atoms with E-state index >= 15 is 0 Å². The van der Waals surface area contributed by atoms with E-state index in [1.165, 1.54) is 0 Å². The molecule has 1 N–H and O–H groups in total. The zero-order valence-electron chi connectivity index (χ0n) is 13.7. The van der Waals surface area contributed by atoms with E-state index in [2.05, 4.69) is 9.62 Å². The van der Waals surface area contributed by atoms with Crippen LogP contribution < -0.4 is 4.72 Å². The van der Waals surface area contributed by atoms with Crippen molar-refractivity contribution < 1.29 is 17.2 Å². The molecule has 0 aliphatic carbocycles. The summed E-state index contributed by atoms with van der Waals surface area (Å²) in [5, 5.41) is 0. The van der Waals surface area contributed by atoms with Crippen LogP contribution in [0.3, 0.4) is 0 Å². The van der Waals surface area contributed by atoms with E-state index in [-0.39, 0.29) is 17.5 Å². The maximum atomic E-state index is 13.3. The lowest BCUT2D eigenvalue weighted by Crippen LogP contribution is -2.36. The van der Waals surface area contributed by atoms with Crippen molar-refractivity contribution >= 4 is 10.0 Å². The molecule has 0 spiro atoms. The Hall–Kier alpha value is -1.83. The second-order valence-electron chi connectivity index (χ2n) is 6.10. The Bertz CT molecular complexity index is 822. The second-order valence-corrected chi connectivity index (χ2v) is 7.86. The highest BCUT2D eigenvalue weighted by Gasteiger charge is 2.25. The van der Waals surface area contributed by atoms with Crippen LogP contribution in [-0.4, -0.2) is 33.0 Å². The average Bonchev–Trinajstić information content (AvgIpc) is 3.12. The third kappa shape index (κ3) is 4.23. The molecular formula is C18H20F2N2O2S. The topological polar surface area (TPSA) is 49.4 Å². The number of halogens is 2. The molecule has 0 aromatic heterocycles. The van der Waals surface area contributed by atoms with Crippen molar-refractivity contribution in [3.8, 4) is 0 Å². The van der Waals surface area contributed by atoms with E-state index in [9.17, 15) is 17.2 Å². The van der Waals surface area contributed by atoms with Gasteiger partial charge >= 0.3 is 0 Å². The van der Waals surface area contributed by atoms with Gasteiger partial charge < -0.3 is 0 Å². The third-order valence-electron chi connectivity index (χ3n) is 4.43. The number of rotatable bonds is 6. The van der Waals surface area contributed by atoms with Crippen LogP contribution in [0.25, 0.3) is 0 Å². The van der Waals surface area contributed by atoms with E-state index in [0.717, 1.165) is 43.6 Å². The fourth-order valence-corrected chi connectivity index (χ4v) is 4.15. The van der Waals surface area contributed by atoms with Crippen molar-refractivity contribution in [3.63, 3.8) is 0 Å². The molecular weight excluding hydrogens is 346 g/mol. The second kappa shape index (κ2) is 7.59. The molecule has 1 aliphatic rings. The maximum absolute atomic E-state index is 13.3. The van der Waals surface area contributed by atoms with Crippen molar-refractivity contribution in [1.29, 1.82) is 0 Å². The molecule has 2 aromatic rings. The number of nitrogens with zero attached hydrogens (tertiary/aromatic N) is 1. The molecule has 2 aromatic carbocycles. The fraction of sp³-hybridized carbons (Fsp3) is 0.333. The van der Waals surface area contributed by atoms with Gasteiger partial charge in [-0.15, -0.1) is 0 Å². The van der Waals surface area contributed by atoms with E-state index in [1.807, 2.05) is 30.3 Å². The van der Waals surface area contributed by atoms with Crippen molar-refractivity contribution in [2.45, 2.75) is 23.8 Å². The largest absolute Gasteiger partial charge is 0.295 e. The van der Waals surface area contributed by atoms with Gasteiger partial charge in [0.2, 0.25) is 10.0 Å². The van der Waals surface area contributed by atoms with E-state index < -0.39 is 21.7 Å². The van der Waals surface area contributed by atoms with E-state index in [1.54, 1.807) is 0 Å². The minimum Gasteiger partial charge on any atom is -0.295 e. The molecule has 25 heavy (non-hydrogen) atoms. The predicted octanol–water partition coefficient (Wildman–Crippen LogP) is 3.08. The zero-order valence-corrected chi connectivity index (χ0v) is 14.5. The molecule has 3 rings (SSSR count). The number of hydrogen-bond donors (Lipinski definition) is 1. The lowest BCUT2D eigenvalue weighted by Gasteiger charge is -2.28. The highest BCUT2D eigenvalue weighted by Crippen LogP contribution is 2.25. The minimum atomic E-state index is -3.92. The lowest BCUT2D eigenvalue weighted by atomic mass is 10.1. The standard InChI is InChI=1S/C18H20F2N2O2S/c19-16-9-8-15(12-17(16)20)25(23,24)21-13-18(22-10-4-5-11-22)14-6-2-1-3-7-14/h1-3,6-9,12,18,21H,4-5,10-11,13H2. The SMILES string of the molecule is O=S(=O)(NCC(c1ccccc1)N1CCCC1)c1ccc(F)c(F)c1. The van der Waals surface area contributed by atoms with Crippen LogP contribution in [0.5, 0.6) is 0 Å². The minimum absolute atomic E-state index is 0.0937. The summed E-state index contributed by atoms with van der Waals surface area (Å²) in [6.07, 6.45) is 2.17. The van der Waals surface area contributed by atoms with Crippen molar-refractivity contribution in [1.82, 2.24) is 9.62 Å². The number of nitrogens with one attached hydrogen (secondary N) is 1. The van der Waals surface area contributed by atoms with Gasteiger partial charge in [-0.1, -0.05) is 30.3 Å². The Morgan fingerprint density at radius 2 is 1.68 bits per heavy atom. The molecule has 1 fully saturated rings. The van der Waals surface area contributed by atoms with Crippen LogP contribution >= 0.6 is 0 Å². The quantitative estimate of drug-likeness (QED) is 0.855. The smallest absolute Gasteiger partial charge is 0.240 e. The summed E-state index contributed by atoms with van der Waals surface area (Å²) < 4.78 is 53.8. The van der Waals surface area contributed by atoms with Crippen LogP contribution in [0, 0.1) is 11.6 Å². The van der Waals surface area contributed by atoms with Crippen LogP contribution in [0.2, 0.25) is 0 Å². The van der Waals surface area contributed by atoms with Gasteiger partial charge in [0.05, 0.1) is 4.90 Å². The molecule has 134 valence electrons.